The van der Waals surface area contributed by atoms with Crippen LogP contribution in [0.3, 0.4) is 0 Å². The molecule has 0 aromatic carbocycles. The Bertz CT molecular complexity index is 371. The van der Waals surface area contributed by atoms with Crippen molar-refractivity contribution in [3.05, 3.63) is 23.3 Å². The predicted molar refractivity (Wildman–Crippen MR) is 125 cm³/mol. The Morgan fingerprint density at radius 3 is 1.70 bits per heavy atom. The molecule has 0 aromatic heterocycles. The standard InChI is InChI=1S/C26H51N/c1-8-12-17-25(10-3)21-27(22-26(11-4)18-13-9-2)20-19-24(7)16-14-15-23(5)6/h15,19,25-26H,8-14,16-18,20-22H2,1-7H3/b24-19+. The Hall–Kier alpha value is -0.560. The van der Waals surface area contributed by atoms with Crippen molar-refractivity contribution in [3.63, 3.8) is 0 Å². The number of unbranched alkanes of at least 4 members (excludes halogenated alkanes) is 2. The molecule has 0 amide bonds. The lowest BCUT2D eigenvalue weighted by Gasteiger charge is -2.30. The molecule has 0 saturated heterocycles. The monoisotopic (exact) mass is 377 g/mol. The molecule has 27 heavy (non-hydrogen) atoms. The molecule has 0 rings (SSSR count). The Kier molecular flexibility index (Phi) is 17.2. The summed E-state index contributed by atoms with van der Waals surface area (Å²) >= 11 is 0. The number of hydrogen-bond acceptors (Lipinski definition) is 1. The van der Waals surface area contributed by atoms with Crippen molar-refractivity contribution in [2.45, 2.75) is 113 Å². The van der Waals surface area contributed by atoms with Gasteiger partial charge in [-0.1, -0.05) is 89.5 Å². The summed E-state index contributed by atoms with van der Waals surface area (Å²) in [6, 6.07) is 0. The average Bonchev–Trinajstić information content (AvgIpc) is 2.65. The van der Waals surface area contributed by atoms with Crippen LogP contribution in [0, 0.1) is 11.8 Å². The first-order valence-corrected chi connectivity index (χ1v) is 12.0. The summed E-state index contributed by atoms with van der Waals surface area (Å²) in [5.41, 5.74) is 2.99. The average molecular weight is 378 g/mol. The maximum Gasteiger partial charge on any atom is 0.0165 e. The third-order valence-electron chi connectivity index (χ3n) is 5.91. The van der Waals surface area contributed by atoms with Crippen LogP contribution in [0.4, 0.5) is 0 Å². The van der Waals surface area contributed by atoms with Crippen molar-refractivity contribution in [1.82, 2.24) is 4.90 Å². The number of hydrogen-bond donors (Lipinski definition) is 0. The highest BCUT2D eigenvalue weighted by Crippen LogP contribution is 2.19. The molecular weight excluding hydrogens is 326 g/mol. The molecule has 0 saturated carbocycles. The Labute approximate surface area is 172 Å². The lowest BCUT2D eigenvalue weighted by Crippen LogP contribution is -2.34. The molecule has 0 heterocycles. The largest absolute Gasteiger partial charge is 0.299 e. The van der Waals surface area contributed by atoms with Gasteiger partial charge in [0.15, 0.2) is 0 Å². The Morgan fingerprint density at radius 2 is 1.30 bits per heavy atom. The van der Waals surface area contributed by atoms with Gasteiger partial charge < -0.3 is 0 Å². The highest BCUT2D eigenvalue weighted by molar-refractivity contribution is 5.03. The van der Waals surface area contributed by atoms with E-state index in [2.05, 4.69) is 65.5 Å². The molecular formula is C26H51N. The van der Waals surface area contributed by atoms with Crippen molar-refractivity contribution >= 4 is 0 Å². The molecule has 0 N–H and O–H groups in total. The Balaban J connectivity index is 4.84. The minimum Gasteiger partial charge on any atom is -0.299 e. The van der Waals surface area contributed by atoms with E-state index in [-0.39, 0.29) is 0 Å². The van der Waals surface area contributed by atoms with Crippen LogP contribution in [0.5, 0.6) is 0 Å². The maximum atomic E-state index is 2.78. The summed E-state index contributed by atoms with van der Waals surface area (Å²) in [6.07, 6.45) is 18.2. The van der Waals surface area contributed by atoms with Gasteiger partial charge in [-0.3, -0.25) is 4.90 Å². The van der Waals surface area contributed by atoms with E-state index < -0.39 is 0 Å². The van der Waals surface area contributed by atoms with Crippen LogP contribution in [0.25, 0.3) is 0 Å². The molecule has 0 bridgehead atoms. The van der Waals surface area contributed by atoms with E-state index in [1.807, 2.05) is 0 Å². The van der Waals surface area contributed by atoms with E-state index in [9.17, 15) is 0 Å². The summed E-state index contributed by atoms with van der Waals surface area (Å²) in [6.45, 7) is 19.8. The topological polar surface area (TPSA) is 3.24 Å². The van der Waals surface area contributed by atoms with Crippen LogP contribution >= 0.6 is 0 Å². The second kappa shape index (κ2) is 17.5. The van der Waals surface area contributed by atoms with Crippen LogP contribution in [0.15, 0.2) is 23.3 Å². The van der Waals surface area contributed by atoms with Gasteiger partial charge in [0.05, 0.1) is 0 Å². The number of rotatable bonds is 17. The fraction of sp³-hybridized carbons (Fsp3) is 0.846. The normalized spacial score (nSPS) is 14.4. The van der Waals surface area contributed by atoms with Gasteiger partial charge in [-0.05, 0) is 58.3 Å². The first kappa shape index (κ1) is 26.4. The van der Waals surface area contributed by atoms with Gasteiger partial charge in [-0.15, -0.1) is 0 Å². The summed E-state index contributed by atoms with van der Waals surface area (Å²) in [5, 5.41) is 0. The molecule has 0 radical (unpaired) electrons. The highest BCUT2D eigenvalue weighted by atomic mass is 15.1. The smallest absolute Gasteiger partial charge is 0.0165 e. The molecule has 0 fully saturated rings. The first-order valence-electron chi connectivity index (χ1n) is 12.0. The predicted octanol–water partition coefficient (Wildman–Crippen LogP) is 8.41. The summed E-state index contributed by atoms with van der Waals surface area (Å²) in [5.74, 6) is 1.74. The summed E-state index contributed by atoms with van der Waals surface area (Å²) in [7, 11) is 0. The van der Waals surface area contributed by atoms with E-state index >= 15 is 0 Å². The van der Waals surface area contributed by atoms with E-state index in [0.29, 0.717) is 0 Å². The van der Waals surface area contributed by atoms with Gasteiger partial charge in [-0.2, -0.15) is 0 Å². The second-order valence-electron chi connectivity index (χ2n) is 8.92. The van der Waals surface area contributed by atoms with E-state index in [1.54, 1.807) is 5.57 Å². The zero-order valence-corrected chi connectivity index (χ0v) is 19.9. The molecule has 0 aliphatic heterocycles. The zero-order chi connectivity index (χ0) is 20.5. The van der Waals surface area contributed by atoms with Crippen LogP contribution < -0.4 is 0 Å². The van der Waals surface area contributed by atoms with Crippen LogP contribution in [0.1, 0.15) is 113 Å². The van der Waals surface area contributed by atoms with Crippen LogP contribution in [0.2, 0.25) is 0 Å². The Morgan fingerprint density at radius 1 is 0.778 bits per heavy atom. The first-order chi connectivity index (χ1) is 13.0. The minimum atomic E-state index is 0.869. The molecule has 2 atom stereocenters. The van der Waals surface area contributed by atoms with Crippen molar-refractivity contribution < 1.29 is 0 Å². The summed E-state index contributed by atoms with van der Waals surface area (Å²) < 4.78 is 0. The molecule has 0 aliphatic carbocycles. The number of nitrogens with zero attached hydrogens (tertiary/aromatic N) is 1. The van der Waals surface area contributed by atoms with Crippen LogP contribution in [-0.2, 0) is 0 Å². The second-order valence-corrected chi connectivity index (χ2v) is 8.92. The van der Waals surface area contributed by atoms with E-state index in [4.69, 9.17) is 0 Å². The van der Waals surface area contributed by atoms with Gasteiger partial charge in [0, 0.05) is 19.6 Å². The molecule has 0 aliphatic rings. The third kappa shape index (κ3) is 15.1. The fourth-order valence-corrected chi connectivity index (χ4v) is 3.76. The van der Waals surface area contributed by atoms with Gasteiger partial charge in [0.2, 0.25) is 0 Å². The van der Waals surface area contributed by atoms with Gasteiger partial charge >= 0.3 is 0 Å². The molecule has 1 heteroatoms. The number of allylic oxidation sites excluding steroid dienone is 3. The minimum absolute atomic E-state index is 0.869. The maximum absolute atomic E-state index is 2.78. The summed E-state index contributed by atoms with van der Waals surface area (Å²) in [4.78, 5) is 2.78. The van der Waals surface area contributed by atoms with Gasteiger partial charge in [-0.25, -0.2) is 0 Å². The van der Waals surface area contributed by atoms with Crippen molar-refractivity contribution in [2.75, 3.05) is 19.6 Å². The quantitative estimate of drug-likeness (QED) is 0.230. The lowest BCUT2D eigenvalue weighted by atomic mass is 9.95. The molecule has 0 spiro atoms. The van der Waals surface area contributed by atoms with Crippen molar-refractivity contribution in [3.8, 4) is 0 Å². The fourth-order valence-electron chi connectivity index (χ4n) is 3.76. The zero-order valence-electron chi connectivity index (χ0n) is 19.9. The van der Waals surface area contributed by atoms with Gasteiger partial charge in [0.1, 0.15) is 0 Å². The van der Waals surface area contributed by atoms with E-state index in [0.717, 1.165) is 18.4 Å². The molecule has 1 nitrogen and oxygen atoms in total. The molecule has 0 aromatic rings. The van der Waals surface area contributed by atoms with E-state index in [1.165, 1.54) is 82.9 Å². The molecule has 160 valence electrons. The molecule has 2 unspecified atom stereocenters. The lowest BCUT2D eigenvalue weighted by molar-refractivity contribution is 0.197. The van der Waals surface area contributed by atoms with Crippen molar-refractivity contribution in [2.24, 2.45) is 11.8 Å². The highest BCUT2D eigenvalue weighted by Gasteiger charge is 2.16. The van der Waals surface area contributed by atoms with Gasteiger partial charge in [0.25, 0.3) is 0 Å². The van der Waals surface area contributed by atoms with Crippen molar-refractivity contribution in [1.29, 1.82) is 0 Å². The third-order valence-corrected chi connectivity index (χ3v) is 5.91. The SMILES string of the molecule is CCCCC(CC)CN(C/C=C(\C)CCC=C(C)C)CC(CC)CCCC. The van der Waals surface area contributed by atoms with Crippen LogP contribution in [-0.4, -0.2) is 24.5 Å².